The van der Waals surface area contributed by atoms with Crippen molar-refractivity contribution >= 4 is 40.4 Å². The number of aliphatic hydroxyl groups excluding tert-OH is 1. The maximum absolute atomic E-state index is 11.8. The number of phosphoric acid groups is 3. The molecule has 18 nitrogen and oxygen atoms in total. The number of anilines is 1. The molecular weight excluding hydrogens is 503 g/mol. The number of fused-ring (bicyclic) bond motifs is 1. The second kappa shape index (κ2) is 8.77. The third kappa shape index (κ3) is 5.40. The van der Waals surface area contributed by atoms with Crippen LogP contribution in [0.25, 0.3) is 11.2 Å². The smallest absolute Gasteiger partial charge is 0.385 e. The van der Waals surface area contributed by atoms with Crippen LogP contribution in [0.5, 0.6) is 0 Å². The van der Waals surface area contributed by atoms with Gasteiger partial charge in [-0.1, -0.05) is 0 Å². The van der Waals surface area contributed by atoms with Gasteiger partial charge < -0.3 is 39.8 Å². The first-order chi connectivity index (χ1) is 14.7. The van der Waals surface area contributed by atoms with Crippen molar-refractivity contribution in [1.82, 2.24) is 19.5 Å². The van der Waals surface area contributed by atoms with Gasteiger partial charge in [0.2, 0.25) is 0 Å². The van der Waals surface area contributed by atoms with Gasteiger partial charge >= 0.3 is 23.5 Å². The van der Waals surface area contributed by atoms with Gasteiger partial charge in [0.05, 0.1) is 19.5 Å². The molecule has 0 bridgehead atoms. The Balaban J connectivity index is 1.72. The zero-order valence-electron chi connectivity index (χ0n) is 15.9. The van der Waals surface area contributed by atoms with Crippen LogP contribution in [0.1, 0.15) is 0 Å². The fourth-order valence-electron chi connectivity index (χ4n) is 2.83. The molecule has 180 valence electrons. The van der Waals surface area contributed by atoms with Gasteiger partial charge in [-0.2, -0.15) is 8.62 Å². The van der Waals surface area contributed by atoms with E-state index >= 15 is 0 Å². The van der Waals surface area contributed by atoms with Crippen molar-refractivity contribution in [3.8, 4) is 0 Å². The van der Waals surface area contributed by atoms with Crippen molar-refractivity contribution in [2.75, 3.05) is 25.6 Å². The molecule has 1 aliphatic heterocycles. The minimum atomic E-state index is -5.70. The highest BCUT2D eigenvalue weighted by Crippen LogP contribution is 2.66. The Hall–Kier alpha value is -1.36. The first kappa shape index (κ1) is 25.3. The van der Waals surface area contributed by atoms with Gasteiger partial charge in [0, 0.05) is 7.05 Å². The zero-order valence-corrected chi connectivity index (χ0v) is 18.6. The van der Waals surface area contributed by atoms with E-state index in [2.05, 4.69) is 33.4 Å². The van der Waals surface area contributed by atoms with Crippen LogP contribution < -0.4 is 5.32 Å². The SMILES string of the molecule is CNc1ncnc2c1ncn2C1(O)COC(COP(=O)(O)OP(=O)(O)OP(=O)(O)O)C1O. The van der Waals surface area contributed by atoms with Gasteiger partial charge in [-0.15, -0.1) is 0 Å². The second-order valence-corrected chi connectivity index (χ2v) is 10.7. The van der Waals surface area contributed by atoms with Gasteiger partial charge in [0.1, 0.15) is 18.5 Å². The van der Waals surface area contributed by atoms with Gasteiger partial charge in [-0.05, 0) is 0 Å². The summed E-state index contributed by atoms with van der Waals surface area (Å²) in [6.45, 7) is -1.49. The Bertz CT molecular complexity index is 1140. The fourth-order valence-corrected chi connectivity index (χ4v) is 5.86. The molecule has 0 radical (unpaired) electrons. The molecule has 3 rings (SSSR count). The zero-order chi connectivity index (χ0) is 23.9. The van der Waals surface area contributed by atoms with Gasteiger partial charge in [-0.25, -0.2) is 28.6 Å². The number of nitrogens with one attached hydrogen (secondary N) is 1. The Labute approximate surface area is 178 Å². The molecule has 2 aromatic rings. The van der Waals surface area contributed by atoms with Gasteiger partial charge in [0.25, 0.3) is 0 Å². The number of nitrogens with zero attached hydrogens (tertiary/aromatic N) is 4. The van der Waals surface area contributed by atoms with Crippen molar-refractivity contribution in [2.45, 2.75) is 17.9 Å². The number of ether oxygens (including phenoxy) is 1. The summed E-state index contributed by atoms with van der Waals surface area (Å²) in [7, 11) is -15.1. The van der Waals surface area contributed by atoms with Crippen LogP contribution in [-0.4, -0.2) is 81.8 Å². The molecule has 5 unspecified atom stereocenters. The molecular formula is C11H18N5O13P3. The third-order valence-electron chi connectivity index (χ3n) is 4.14. The molecule has 1 aliphatic rings. The molecule has 7 N–H and O–H groups in total. The predicted molar refractivity (Wildman–Crippen MR) is 101 cm³/mol. The summed E-state index contributed by atoms with van der Waals surface area (Å²) in [6.07, 6.45) is -0.879. The molecule has 0 spiro atoms. The minimum absolute atomic E-state index is 0.128. The highest BCUT2D eigenvalue weighted by molar-refractivity contribution is 7.66. The molecule has 2 aromatic heterocycles. The highest BCUT2D eigenvalue weighted by Gasteiger charge is 2.51. The van der Waals surface area contributed by atoms with Crippen LogP contribution >= 0.6 is 23.5 Å². The number of imidazole rings is 1. The molecule has 0 saturated carbocycles. The summed E-state index contributed by atoms with van der Waals surface area (Å²) in [5.74, 6) is 0.343. The summed E-state index contributed by atoms with van der Waals surface area (Å²) in [5, 5.41) is 24.3. The molecule has 32 heavy (non-hydrogen) atoms. The van der Waals surface area contributed by atoms with Crippen LogP contribution in [-0.2, 0) is 37.3 Å². The van der Waals surface area contributed by atoms with Crippen LogP contribution in [0.15, 0.2) is 12.7 Å². The Morgan fingerprint density at radius 1 is 1.19 bits per heavy atom. The van der Waals surface area contributed by atoms with E-state index in [1.54, 1.807) is 7.05 Å². The quantitative estimate of drug-likeness (QED) is 0.187. The van der Waals surface area contributed by atoms with Gasteiger partial charge in [0.15, 0.2) is 22.7 Å². The lowest BCUT2D eigenvalue weighted by Gasteiger charge is -2.28. The van der Waals surface area contributed by atoms with E-state index in [-0.39, 0.29) is 11.2 Å². The number of aromatic nitrogens is 4. The average molecular weight is 521 g/mol. The van der Waals surface area contributed by atoms with Crippen molar-refractivity contribution in [1.29, 1.82) is 0 Å². The Morgan fingerprint density at radius 2 is 1.88 bits per heavy atom. The van der Waals surface area contributed by atoms with E-state index in [0.29, 0.717) is 5.82 Å². The lowest BCUT2D eigenvalue weighted by molar-refractivity contribution is -0.109. The Morgan fingerprint density at radius 3 is 2.50 bits per heavy atom. The molecule has 21 heteroatoms. The summed E-state index contributed by atoms with van der Waals surface area (Å²) < 4.78 is 51.7. The van der Waals surface area contributed by atoms with Crippen LogP contribution in [0.3, 0.4) is 0 Å². The van der Waals surface area contributed by atoms with E-state index in [4.69, 9.17) is 19.4 Å². The summed E-state index contributed by atoms with van der Waals surface area (Å²) in [6, 6.07) is 0. The Kier molecular flexibility index (Phi) is 6.93. The average Bonchev–Trinajstić information content (AvgIpc) is 3.20. The molecule has 1 saturated heterocycles. The van der Waals surface area contributed by atoms with Crippen LogP contribution in [0.2, 0.25) is 0 Å². The number of aliphatic hydroxyl groups is 2. The van der Waals surface area contributed by atoms with Crippen LogP contribution in [0, 0.1) is 0 Å². The summed E-state index contributed by atoms with van der Waals surface area (Å²) >= 11 is 0. The second-order valence-electron chi connectivity index (χ2n) is 6.32. The largest absolute Gasteiger partial charge is 0.490 e. The van der Waals surface area contributed by atoms with Crippen molar-refractivity contribution in [2.24, 2.45) is 0 Å². The maximum Gasteiger partial charge on any atom is 0.490 e. The summed E-state index contributed by atoms with van der Waals surface area (Å²) in [4.78, 5) is 47.7. The van der Waals surface area contributed by atoms with Gasteiger partial charge in [-0.3, -0.25) is 9.09 Å². The molecule has 1 fully saturated rings. The number of hydrogen-bond acceptors (Lipinski definition) is 13. The predicted octanol–water partition coefficient (Wildman–Crippen LogP) is -1.38. The first-order valence-corrected chi connectivity index (χ1v) is 12.9. The summed E-state index contributed by atoms with van der Waals surface area (Å²) in [5.41, 5.74) is -1.74. The number of hydrogen-bond donors (Lipinski definition) is 7. The minimum Gasteiger partial charge on any atom is -0.385 e. The van der Waals surface area contributed by atoms with Crippen LogP contribution in [0.4, 0.5) is 5.82 Å². The molecule has 3 heterocycles. The van der Waals surface area contributed by atoms with E-state index < -0.39 is 54.6 Å². The van der Waals surface area contributed by atoms with E-state index in [9.17, 15) is 28.8 Å². The fraction of sp³-hybridized carbons (Fsp3) is 0.545. The molecule has 5 atom stereocenters. The standard InChI is InChI=1S/C11H18N5O13P3/c1-12-9-7-10(14-4-13-9)16(5-15-7)11(18)3-26-6(8(11)17)2-27-31(22,23)29-32(24,25)28-30(19,20)21/h4-6,8,17-18H,2-3H2,1H3,(H,22,23)(H,24,25)(H,12,13,14)(H2,19,20,21). The van der Waals surface area contributed by atoms with Crippen molar-refractivity contribution in [3.63, 3.8) is 0 Å². The normalized spacial score (nSPS) is 27.8. The lowest BCUT2D eigenvalue weighted by atomic mass is 10.1. The number of rotatable bonds is 9. The molecule has 0 aliphatic carbocycles. The van der Waals surface area contributed by atoms with E-state index in [1.807, 2.05) is 0 Å². The van der Waals surface area contributed by atoms with E-state index in [1.165, 1.54) is 6.33 Å². The first-order valence-electron chi connectivity index (χ1n) is 8.34. The third-order valence-corrected chi connectivity index (χ3v) is 7.94. The van der Waals surface area contributed by atoms with Crippen molar-refractivity contribution < 1.29 is 61.4 Å². The van der Waals surface area contributed by atoms with Crippen molar-refractivity contribution in [3.05, 3.63) is 12.7 Å². The highest BCUT2D eigenvalue weighted by atomic mass is 31.3. The maximum atomic E-state index is 11.8. The topological polar surface area (TPSA) is 265 Å². The molecule has 0 amide bonds. The molecule has 0 aromatic carbocycles. The lowest BCUT2D eigenvalue weighted by Crippen LogP contribution is -2.47. The van der Waals surface area contributed by atoms with E-state index in [0.717, 1.165) is 10.9 Å². The number of phosphoric ester groups is 1. The monoisotopic (exact) mass is 521 g/mol.